The summed E-state index contributed by atoms with van der Waals surface area (Å²) < 4.78 is 0. The van der Waals surface area contributed by atoms with Crippen molar-refractivity contribution in [1.82, 2.24) is 0 Å². The van der Waals surface area contributed by atoms with E-state index in [1.807, 2.05) is 31.2 Å². The lowest BCUT2D eigenvalue weighted by atomic mass is 10.1. The number of benzene rings is 2. The van der Waals surface area contributed by atoms with Crippen molar-refractivity contribution in [2.24, 2.45) is 0 Å². The molecule has 0 saturated carbocycles. The van der Waals surface area contributed by atoms with Gasteiger partial charge < -0.3 is 11.1 Å². The molecule has 2 aromatic rings. The van der Waals surface area contributed by atoms with Gasteiger partial charge in [-0.1, -0.05) is 12.1 Å². The van der Waals surface area contributed by atoms with E-state index < -0.39 is 0 Å². The molecule has 0 fully saturated rings. The van der Waals surface area contributed by atoms with E-state index >= 15 is 0 Å². The van der Waals surface area contributed by atoms with Gasteiger partial charge >= 0.3 is 0 Å². The molecule has 0 atom stereocenters. The van der Waals surface area contributed by atoms with E-state index in [0.717, 1.165) is 24.1 Å². The lowest BCUT2D eigenvalue weighted by molar-refractivity contribution is 0.102. The van der Waals surface area contributed by atoms with Crippen LogP contribution in [0, 0.1) is 6.92 Å². The normalized spacial score (nSPS) is 13.1. The first-order chi connectivity index (χ1) is 9.63. The molecule has 102 valence electrons. The molecule has 3 nitrogen and oxygen atoms in total. The Morgan fingerprint density at radius 3 is 2.75 bits per heavy atom. The Morgan fingerprint density at radius 2 is 1.90 bits per heavy atom. The van der Waals surface area contributed by atoms with Gasteiger partial charge in [-0.3, -0.25) is 4.79 Å². The summed E-state index contributed by atoms with van der Waals surface area (Å²) in [5.74, 6) is -0.0756. The Morgan fingerprint density at radius 1 is 1.10 bits per heavy atom. The van der Waals surface area contributed by atoms with Crippen LogP contribution >= 0.6 is 0 Å². The average molecular weight is 266 g/mol. The van der Waals surface area contributed by atoms with Crippen molar-refractivity contribution in [3.63, 3.8) is 0 Å². The van der Waals surface area contributed by atoms with Crippen molar-refractivity contribution in [2.45, 2.75) is 26.2 Å². The summed E-state index contributed by atoms with van der Waals surface area (Å²) in [5.41, 5.74) is 11.6. The maximum absolute atomic E-state index is 12.3. The number of rotatable bonds is 2. The summed E-state index contributed by atoms with van der Waals surface area (Å²) >= 11 is 0. The number of fused-ring (bicyclic) bond motifs is 1. The molecule has 3 heteroatoms. The van der Waals surface area contributed by atoms with Crippen LogP contribution in [0.5, 0.6) is 0 Å². The Kier molecular flexibility index (Phi) is 3.18. The summed E-state index contributed by atoms with van der Waals surface area (Å²) in [4.78, 5) is 12.3. The van der Waals surface area contributed by atoms with E-state index in [1.165, 1.54) is 17.5 Å². The van der Waals surface area contributed by atoms with E-state index in [4.69, 9.17) is 5.73 Å². The van der Waals surface area contributed by atoms with E-state index in [0.29, 0.717) is 11.3 Å². The third kappa shape index (κ3) is 2.39. The van der Waals surface area contributed by atoms with Gasteiger partial charge in [0, 0.05) is 16.9 Å². The van der Waals surface area contributed by atoms with Gasteiger partial charge in [0.15, 0.2) is 0 Å². The van der Waals surface area contributed by atoms with Crippen molar-refractivity contribution in [3.8, 4) is 0 Å². The van der Waals surface area contributed by atoms with Crippen molar-refractivity contribution >= 4 is 17.3 Å². The standard InChI is InChI=1S/C17H18N2O/c1-11-5-8-15(18)10-16(11)19-17(20)14-7-6-12-3-2-4-13(12)9-14/h5-10H,2-4,18H2,1H3,(H,19,20). The molecule has 3 N–H and O–H groups in total. The molecule has 0 aliphatic heterocycles. The van der Waals surface area contributed by atoms with Crippen molar-refractivity contribution in [1.29, 1.82) is 0 Å². The van der Waals surface area contributed by atoms with Gasteiger partial charge in [-0.25, -0.2) is 0 Å². The summed E-state index contributed by atoms with van der Waals surface area (Å²) in [6.45, 7) is 1.96. The van der Waals surface area contributed by atoms with Crippen molar-refractivity contribution < 1.29 is 4.79 Å². The zero-order valence-electron chi connectivity index (χ0n) is 11.6. The maximum Gasteiger partial charge on any atom is 0.255 e. The fourth-order valence-electron chi connectivity index (χ4n) is 2.68. The highest BCUT2D eigenvalue weighted by molar-refractivity contribution is 6.05. The lowest BCUT2D eigenvalue weighted by Gasteiger charge is -2.10. The molecule has 20 heavy (non-hydrogen) atoms. The molecule has 1 amide bonds. The molecule has 2 aromatic carbocycles. The van der Waals surface area contributed by atoms with Crippen LogP contribution < -0.4 is 11.1 Å². The molecule has 0 bridgehead atoms. The monoisotopic (exact) mass is 266 g/mol. The van der Waals surface area contributed by atoms with E-state index in [-0.39, 0.29) is 5.91 Å². The van der Waals surface area contributed by atoms with E-state index in [1.54, 1.807) is 6.07 Å². The minimum atomic E-state index is -0.0756. The molecule has 1 aliphatic carbocycles. The largest absolute Gasteiger partial charge is 0.399 e. The lowest BCUT2D eigenvalue weighted by Crippen LogP contribution is -2.13. The smallest absolute Gasteiger partial charge is 0.255 e. The fraction of sp³-hybridized carbons (Fsp3) is 0.235. The third-order valence-corrected chi connectivity index (χ3v) is 3.87. The Labute approximate surface area is 118 Å². The number of carbonyl (C=O) groups is 1. The Hall–Kier alpha value is -2.29. The summed E-state index contributed by atoms with van der Waals surface area (Å²) in [5, 5.41) is 2.94. The third-order valence-electron chi connectivity index (χ3n) is 3.87. The van der Waals surface area contributed by atoms with Crippen LogP contribution in [0.15, 0.2) is 36.4 Å². The fourth-order valence-corrected chi connectivity index (χ4v) is 2.68. The van der Waals surface area contributed by atoms with Crippen LogP contribution in [0.4, 0.5) is 11.4 Å². The molecule has 0 aromatic heterocycles. The van der Waals surface area contributed by atoms with Gasteiger partial charge in [0.25, 0.3) is 5.91 Å². The number of nitrogens with one attached hydrogen (secondary N) is 1. The predicted octanol–water partition coefficient (Wildman–Crippen LogP) is 3.32. The average Bonchev–Trinajstić information content (AvgIpc) is 2.90. The first-order valence-electron chi connectivity index (χ1n) is 6.93. The van der Waals surface area contributed by atoms with Gasteiger partial charge in [0.05, 0.1) is 0 Å². The molecule has 1 aliphatic rings. The second-order valence-corrected chi connectivity index (χ2v) is 5.37. The van der Waals surface area contributed by atoms with Crippen LogP contribution in [0.2, 0.25) is 0 Å². The number of anilines is 2. The van der Waals surface area contributed by atoms with Crippen LogP contribution in [-0.4, -0.2) is 5.91 Å². The predicted molar refractivity (Wildman–Crippen MR) is 82.0 cm³/mol. The molecule has 0 heterocycles. The highest BCUT2D eigenvalue weighted by Gasteiger charge is 2.14. The van der Waals surface area contributed by atoms with Crippen LogP contribution in [0.3, 0.4) is 0 Å². The number of nitrogen functional groups attached to an aromatic ring is 1. The van der Waals surface area contributed by atoms with Gasteiger partial charge in [-0.05, 0) is 67.1 Å². The number of nitrogens with two attached hydrogens (primary N) is 1. The van der Waals surface area contributed by atoms with Gasteiger partial charge in [-0.2, -0.15) is 0 Å². The zero-order chi connectivity index (χ0) is 14.1. The van der Waals surface area contributed by atoms with Crippen molar-refractivity contribution in [3.05, 3.63) is 58.7 Å². The van der Waals surface area contributed by atoms with Crippen LogP contribution in [-0.2, 0) is 12.8 Å². The summed E-state index contributed by atoms with van der Waals surface area (Å²) in [6, 6.07) is 11.5. The number of hydrogen-bond acceptors (Lipinski definition) is 2. The quantitative estimate of drug-likeness (QED) is 0.819. The Balaban J connectivity index is 1.84. The van der Waals surface area contributed by atoms with Crippen LogP contribution in [0.25, 0.3) is 0 Å². The number of amides is 1. The first kappa shape index (κ1) is 12.7. The van der Waals surface area contributed by atoms with Gasteiger partial charge in [-0.15, -0.1) is 0 Å². The molecule has 0 saturated heterocycles. The molecular weight excluding hydrogens is 248 g/mol. The van der Waals surface area contributed by atoms with E-state index in [9.17, 15) is 4.79 Å². The molecular formula is C17H18N2O. The zero-order valence-corrected chi connectivity index (χ0v) is 11.6. The minimum Gasteiger partial charge on any atom is -0.399 e. The highest BCUT2D eigenvalue weighted by Crippen LogP contribution is 2.24. The summed E-state index contributed by atoms with van der Waals surface area (Å²) in [7, 11) is 0. The highest BCUT2D eigenvalue weighted by atomic mass is 16.1. The molecule has 0 unspecified atom stereocenters. The van der Waals surface area contributed by atoms with Crippen LogP contribution in [0.1, 0.15) is 33.5 Å². The molecule has 0 radical (unpaired) electrons. The first-order valence-corrected chi connectivity index (χ1v) is 6.93. The topological polar surface area (TPSA) is 55.1 Å². The SMILES string of the molecule is Cc1ccc(N)cc1NC(=O)c1ccc2c(c1)CCC2. The second kappa shape index (κ2) is 5.00. The van der Waals surface area contributed by atoms with E-state index in [2.05, 4.69) is 11.4 Å². The number of hydrogen-bond donors (Lipinski definition) is 2. The van der Waals surface area contributed by atoms with Gasteiger partial charge in [0.1, 0.15) is 0 Å². The van der Waals surface area contributed by atoms with Crippen molar-refractivity contribution in [2.75, 3.05) is 11.1 Å². The Bertz CT molecular complexity index is 677. The molecule has 3 rings (SSSR count). The molecule has 0 spiro atoms. The number of carbonyl (C=O) groups excluding carboxylic acids is 1. The summed E-state index contributed by atoms with van der Waals surface area (Å²) in [6.07, 6.45) is 3.40. The number of aryl methyl sites for hydroxylation is 3. The minimum absolute atomic E-state index is 0.0756. The van der Waals surface area contributed by atoms with Gasteiger partial charge in [0.2, 0.25) is 0 Å². The maximum atomic E-state index is 12.3. The second-order valence-electron chi connectivity index (χ2n) is 5.37.